The highest BCUT2D eigenvalue weighted by Gasteiger charge is 2.57. The van der Waals surface area contributed by atoms with Crippen molar-refractivity contribution in [3.63, 3.8) is 0 Å². The minimum Gasteiger partial charge on any atom is -0.346 e. The van der Waals surface area contributed by atoms with Gasteiger partial charge >= 0.3 is 0 Å². The van der Waals surface area contributed by atoms with Crippen molar-refractivity contribution in [1.29, 1.82) is 0 Å². The monoisotopic (exact) mass is 198 g/mol. The Morgan fingerprint density at radius 3 is 2.71 bits per heavy atom. The summed E-state index contributed by atoms with van der Waals surface area (Å²) >= 11 is 0. The standard InChI is InChI=1S/C10H18N2O2/c11-7-9-2-1-3-12(9)8-10(6-9)13-4-5-14-10/h1-8,11H2. The zero-order valence-corrected chi connectivity index (χ0v) is 8.50. The van der Waals surface area contributed by atoms with Crippen LogP contribution in [0.15, 0.2) is 0 Å². The zero-order valence-electron chi connectivity index (χ0n) is 8.50. The highest BCUT2D eigenvalue weighted by Crippen LogP contribution is 2.46. The maximum atomic E-state index is 5.91. The first kappa shape index (κ1) is 9.09. The van der Waals surface area contributed by atoms with Crippen molar-refractivity contribution in [3.8, 4) is 0 Å². The first-order valence-corrected chi connectivity index (χ1v) is 5.52. The lowest BCUT2D eigenvalue weighted by Gasteiger charge is -2.29. The van der Waals surface area contributed by atoms with Crippen LogP contribution >= 0.6 is 0 Å². The van der Waals surface area contributed by atoms with E-state index in [2.05, 4.69) is 4.90 Å². The predicted octanol–water partition coefficient (Wildman–Crippen LogP) is -0.0735. The Hall–Kier alpha value is -0.160. The fourth-order valence-corrected chi connectivity index (χ4v) is 3.28. The van der Waals surface area contributed by atoms with Gasteiger partial charge in [-0.05, 0) is 19.4 Å². The summed E-state index contributed by atoms with van der Waals surface area (Å²) in [4.78, 5) is 2.47. The third-order valence-corrected chi connectivity index (χ3v) is 3.96. The van der Waals surface area contributed by atoms with Gasteiger partial charge in [0.1, 0.15) is 0 Å². The molecule has 0 radical (unpaired) electrons. The molecule has 0 aromatic rings. The van der Waals surface area contributed by atoms with Crippen LogP contribution in [0.5, 0.6) is 0 Å². The van der Waals surface area contributed by atoms with Gasteiger partial charge in [-0.3, -0.25) is 4.90 Å². The van der Waals surface area contributed by atoms with Crippen LogP contribution in [0.2, 0.25) is 0 Å². The average Bonchev–Trinajstić information content (AvgIpc) is 2.81. The van der Waals surface area contributed by atoms with Crippen LogP contribution in [0.4, 0.5) is 0 Å². The van der Waals surface area contributed by atoms with Crippen LogP contribution in [0.25, 0.3) is 0 Å². The lowest BCUT2D eigenvalue weighted by Crippen LogP contribution is -2.44. The summed E-state index contributed by atoms with van der Waals surface area (Å²) in [5.74, 6) is -0.306. The Bertz CT molecular complexity index is 240. The molecule has 3 saturated heterocycles. The normalized spacial score (nSPS) is 40.9. The van der Waals surface area contributed by atoms with Crippen LogP contribution in [-0.2, 0) is 9.47 Å². The van der Waals surface area contributed by atoms with Gasteiger partial charge in [0.05, 0.1) is 19.8 Å². The van der Waals surface area contributed by atoms with Gasteiger partial charge in [0, 0.05) is 18.5 Å². The minimum atomic E-state index is -0.306. The number of ether oxygens (including phenoxy) is 2. The Balaban J connectivity index is 1.85. The molecule has 14 heavy (non-hydrogen) atoms. The van der Waals surface area contributed by atoms with Crippen molar-refractivity contribution in [1.82, 2.24) is 4.90 Å². The highest BCUT2D eigenvalue weighted by atomic mass is 16.7. The van der Waals surface area contributed by atoms with E-state index in [4.69, 9.17) is 15.2 Å². The first-order chi connectivity index (χ1) is 6.79. The predicted molar refractivity (Wildman–Crippen MR) is 51.8 cm³/mol. The number of fused-ring (bicyclic) bond motifs is 1. The number of hydrogen-bond acceptors (Lipinski definition) is 4. The molecule has 0 saturated carbocycles. The molecule has 3 rings (SSSR count). The molecule has 1 spiro atoms. The Kier molecular flexibility index (Phi) is 1.89. The second kappa shape index (κ2) is 2.92. The van der Waals surface area contributed by atoms with Crippen molar-refractivity contribution in [2.45, 2.75) is 30.6 Å². The first-order valence-electron chi connectivity index (χ1n) is 5.52. The summed E-state index contributed by atoms with van der Waals surface area (Å²) in [5, 5.41) is 0. The molecule has 0 bridgehead atoms. The topological polar surface area (TPSA) is 47.7 Å². The summed E-state index contributed by atoms with van der Waals surface area (Å²) in [6.45, 7) is 4.31. The van der Waals surface area contributed by atoms with Crippen molar-refractivity contribution >= 4 is 0 Å². The molecular weight excluding hydrogens is 180 g/mol. The largest absolute Gasteiger partial charge is 0.346 e. The molecular formula is C10H18N2O2. The smallest absolute Gasteiger partial charge is 0.183 e. The van der Waals surface area contributed by atoms with E-state index in [9.17, 15) is 0 Å². The number of nitrogens with two attached hydrogens (primary N) is 1. The van der Waals surface area contributed by atoms with Crippen molar-refractivity contribution < 1.29 is 9.47 Å². The van der Waals surface area contributed by atoms with E-state index in [0.717, 1.165) is 39.3 Å². The summed E-state index contributed by atoms with van der Waals surface area (Å²) in [6.07, 6.45) is 3.45. The molecule has 1 unspecified atom stereocenters. The summed E-state index contributed by atoms with van der Waals surface area (Å²) in [6, 6.07) is 0. The minimum absolute atomic E-state index is 0.185. The molecule has 0 aliphatic carbocycles. The van der Waals surface area contributed by atoms with Crippen LogP contribution in [0.1, 0.15) is 19.3 Å². The maximum absolute atomic E-state index is 5.91. The quantitative estimate of drug-likeness (QED) is 0.640. The summed E-state index contributed by atoms with van der Waals surface area (Å²) < 4.78 is 11.5. The average molecular weight is 198 g/mol. The molecule has 0 aromatic heterocycles. The van der Waals surface area contributed by atoms with E-state index < -0.39 is 0 Å². The highest BCUT2D eigenvalue weighted by molar-refractivity contribution is 5.08. The Labute approximate surface area is 84.3 Å². The summed E-state index contributed by atoms with van der Waals surface area (Å²) in [5.41, 5.74) is 6.09. The molecule has 3 heterocycles. The molecule has 4 nitrogen and oxygen atoms in total. The summed E-state index contributed by atoms with van der Waals surface area (Å²) in [7, 11) is 0. The second-order valence-corrected chi connectivity index (χ2v) is 4.74. The van der Waals surface area contributed by atoms with Gasteiger partial charge in [-0.25, -0.2) is 0 Å². The van der Waals surface area contributed by atoms with E-state index >= 15 is 0 Å². The molecule has 4 heteroatoms. The van der Waals surface area contributed by atoms with Crippen molar-refractivity contribution in [3.05, 3.63) is 0 Å². The van der Waals surface area contributed by atoms with Gasteiger partial charge in [-0.1, -0.05) is 0 Å². The lowest BCUT2D eigenvalue weighted by atomic mass is 9.92. The molecule has 3 aliphatic heterocycles. The van der Waals surface area contributed by atoms with Crippen LogP contribution in [0.3, 0.4) is 0 Å². The number of rotatable bonds is 1. The number of nitrogens with zero attached hydrogens (tertiary/aromatic N) is 1. The van der Waals surface area contributed by atoms with E-state index in [1.165, 1.54) is 12.8 Å². The lowest BCUT2D eigenvalue weighted by molar-refractivity contribution is -0.147. The Morgan fingerprint density at radius 1 is 1.29 bits per heavy atom. The molecule has 0 amide bonds. The van der Waals surface area contributed by atoms with Gasteiger partial charge in [-0.15, -0.1) is 0 Å². The van der Waals surface area contributed by atoms with Gasteiger partial charge in [0.2, 0.25) is 0 Å². The zero-order chi connectivity index (χ0) is 9.65. The fourth-order valence-electron chi connectivity index (χ4n) is 3.28. The van der Waals surface area contributed by atoms with Gasteiger partial charge < -0.3 is 15.2 Å². The van der Waals surface area contributed by atoms with Crippen LogP contribution < -0.4 is 5.73 Å². The second-order valence-electron chi connectivity index (χ2n) is 4.74. The molecule has 80 valence electrons. The van der Waals surface area contributed by atoms with E-state index in [0.29, 0.717) is 0 Å². The maximum Gasteiger partial charge on any atom is 0.183 e. The van der Waals surface area contributed by atoms with Crippen LogP contribution in [-0.4, -0.2) is 49.1 Å². The van der Waals surface area contributed by atoms with Gasteiger partial charge in [0.25, 0.3) is 0 Å². The molecule has 2 N–H and O–H groups in total. The van der Waals surface area contributed by atoms with Gasteiger partial charge in [-0.2, -0.15) is 0 Å². The van der Waals surface area contributed by atoms with E-state index in [1.54, 1.807) is 0 Å². The molecule has 1 atom stereocenters. The Morgan fingerprint density at radius 2 is 2.07 bits per heavy atom. The fraction of sp³-hybridized carbons (Fsp3) is 1.00. The SMILES string of the molecule is NCC12CCCN1CC1(C2)OCCO1. The third kappa shape index (κ3) is 1.08. The van der Waals surface area contributed by atoms with Crippen LogP contribution in [0, 0.1) is 0 Å². The molecule has 3 fully saturated rings. The van der Waals surface area contributed by atoms with E-state index in [-0.39, 0.29) is 11.3 Å². The number of hydrogen-bond donors (Lipinski definition) is 1. The van der Waals surface area contributed by atoms with Crippen molar-refractivity contribution in [2.24, 2.45) is 5.73 Å². The van der Waals surface area contributed by atoms with Gasteiger partial charge in [0.15, 0.2) is 5.79 Å². The molecule has 3 aliphatic rings. The third-order valence-electron chi connectivity index (χ3n) is 3.96. The van der Waals surface area contributed by atoms with E-state index in [1.807, 2.05) is 0 Å². The molecule has 0 aromatic carbocycles. The van der Waals surface area contributed by atoms with Crippen molar-refractivity contribution in [2.75, 3.05) is 32.8 Å².